The lowest BCUT2D eigenvalue weighted by atomic mass is 10.1. The maximum Gasteiger partial charge on any atom is 0.257 e. The standard InChI is InChI=1S/C24H21Cl2N5O2S/c25-19-4-3-16(10-20(19)26)31-8-7-30(14-21(31)23(32)29-12-17-2-1-9-34-17)24(33)18-13-27-11-15-5-6-28-22(15)18/h1-6,9-11,13,21,28H,7-8,12,14H2,(H,29,32)/t21-/m0/s1. The van der Waals surface area contributed by atoms with Crippen molar-refractivity contribution >= 4 is 62.9 Å². The zero-order valence-corrected chi connectivity index (χ0v) is 20.3. The monoisotopic (exact) mass is 513 g/mol. The van der Waals surface area contributed by atoms with Crippen molar-refractivity contribution in [2.45, 2.75) is 12.6 Å². The number of aromatic amines is 1. The van der Waals surface area contributed by atoms with Gasteiger partial charge >= 0.3 is 0 Å². The summed E-state index contributed by atoms with van der Waals surface area (Å²) < 4.78 is 0. The van der Waals surface area contributed by atoms with Crippen LogP contribution in [0.15, 0.2) is 60.4 Å². The number of aromatic nitrogens is 2. The van der Waals surface area contributed by atoms with Gasteiger partial charge in [0.05, 0.1) is 34.2 Å². The third kappa shape index (κ3) is 4.49. The van der Waals surface area contributed by atoms with Crippen molar-refractivity contribution in [3.05, 3.63) is 80.9 Å². The Morgan fingerprint density at radius 1 is 1.15 bits per heavy atom. The number of amides is 2. The van der Waals surface area contributed by atoms with Crippen LogP contribution in [0.1, 0.15) is 15.2 Å². The van der Waals surface area contributed by atoms with Gasteiger partial charge in [0.2, 0.25) is 5.91 Å². The van der Waals surface area contributed by atoms with Crippen LogP contribution >= 0.6 is 34.5 Å². The van der Waals surface area contributed by atoms with Crippen LogP contribution in [0.3, 0.4) is 0 Å². The van der Waals surface area contributed by atoms with E-state index in [0.717, 1.165) is 21.5 Å². The largest absolute Gasteiger partial charge is 0.360 e. The highest BCUT2D eigenvalue weighted by Crippen LogP contribution is 2.30. The first-order valence-corrected chi connectivity index (χ1v) is 12.4. The molecule has 0 saturated carbocycles. The molecule has 0 bridgehead atoms. The van der Waals surface area contributed by atoms with Crippen molar-refractivity contribution in [2.24, 2.45) is 0 Å². The van der Waals surface area contributed by atoms with E-state index in [2.05, 4.69) is 15.3 Å². The van der Waals surface area contributed by atoms with Crippen LogP contribution in [0.2, 0.25) is 10.0 Å². The average Bonchev–Trinajstić information content (AvgIpc) is 3.55. The van der Waals surface area contributed by atoms with E-state index in [1.54, 1.807) is 47.0 Å². The summed E-state index contributed by atoms with van der Waals surface area (Å²) in [6.07, 6.45) is 5.07. The third-order valence-corrected chi connectivity index (χ3v) is 7.53. The molecule has 1 aromatic carbocycles. The zero-order chi connectivity index (χ0) is 23.7. The highest BCUT2D eigenvalue weighted by atomic mass is 35.5. The lowest BCUT2D eigenvalue weighted by Gasteiger charge is -2.42. The predicted molar refractivity (Wildman–Crippen MR) is 136 cm³/mol. The summed E-state index contributed by atoms with van der Waals surface area (Å²) in [5.41, 5.74) is 2.01. The fraction of sp³-hybridized carbons (Fsp3) is 0.208. The average molecular weight is 514 g/mol. The van der Waals surface area contributed by atoms with E-state index in [0.29, 0.717) is 35.2 Å². The molecule has 0 spiro atoms. The van der Waals surface area contributed by atoms with Gasteiger partial charge in [-0.15, -0.1) is 11.3 Å². The van der Waals surface area contributed by atoms with Crippen LogP contribution in [-0.2, 0) is 11.3 Å². The Balaban J connectivity index is 1.41. The fourth-order valence-corrected chi connectivity index (χ4v) is 5.12. The van der Waals surface area contributed by atoms with Crippen LogP contribution in [0.25, 0.3) is 10.9 Å². The molecule has 4 heterocycles. The van der Waals surface area contributed by atoms with Gasteiger partial charge in [0.15, 0.2) is 0 Å². The molecule has 7 nitrogen and oxygen atoms in total. The summed E-state index contributed by atoms with van der Waals surface area (Å²) in [7, 11) is 0. The zero-order valence-electron chi connectivity index (χ0n) is 18.0. The molecule has 1 aliphatic heterocycles. The Morgan fingerprint density at radius 2 is 2.03 bits per heavy atom. The first-order chi connectivity index (χ1) is 16.5. The summed E-state index contributed by atoms with van der Waals surface area (Å²) in [5, 5.41) is 6.72. The molecule has 0 radical (unpaired) electrons. The summed E-state index contributed by atoms with van der Waals surface area (Å²) in [6, 6.07) is 10.5. The summed E-state index contributed by atoms with van der Waals surface area (Å²) in [6.45, 7) is 1.58. The summed E-state index contributed by atoms with van der Waals surface area (Å²) in [4.78, 5) is 38.9. The Morgan fingerprint density at radius 3 is 2.82 bits per heavy atom. The second kappa shape index (κ2) is 9.66. The number of fused-ring (bicyclic) bond motifs is 1. The lowest BCUT2D eigenvalue weighted by molar-refractivity contribution is -0.123. The second-order valence-electron chi connectivity index (χ2n) is 7.98. The number of rotatable bonds is 5. The van der Waals surface area contributed by atoms with Crippen LogP contribution < -0.4 is 10.2 Å². The number of carbonyl (C=O) groups is 2. The van der Waals surface area contributed by atoms with Crippen molar-refractivity contribution in [1.82, 2.24) is 20.2 Å². The fourth-order valence-electron chi connectivity index (χ4n) is 4.18. The number of thiophene rings is 1. The van der Waals surface area contributed by atoms with Crippen molar-refractivity contribution < 1.29 is 9.59 Å². The second-order valence-corrected chi connectivity index (χ2v) is 9.83. The molecule has 1 saturated heterocycles. The number of H-pyrrole nitrogens is 1. The molecule has 2 N–H and O–H groups in total. The number of hydrogen-bond donors (Lipinski definition) is 2. The highest BCUT2D eigenvalue weighted by Gasteiger charge is 2.35. The predicted octanol–water partition coefficient (Wildman–Crippen LogP) is 4.58. The molecule has 0 aliphatic carbocycles. The molecule has 10 heteroatoms. The smallest absolute Gasteiger partial charge is 0.257 e. The van der Waals surface area contributed by atoms with Crippen molar-refractivity contribution in [3.63, 3.8) is 0 Å². The van der Waals surface area contributed by atoms with Gasteiger partial charge in [0, 0.05) is 47.6 Å². The van der Waals surface area contributed by atoms with Crippen LogP contribution in [0.4, 0.5) is 5.69 Å². The van der Waals surface area contributed by atoms with Gasteiger partial charge in [0.1, 0.15) is 6.04 Å². The minimum Gasteiger partial charge on any atom is -0.360 e. The molecular formula is C24H21Cl2N5O2S. The van der Waals surface area contributed by atoms with Gasteiger partial charge in [-0.1, -0.05) is 29.3 Å². The summed E-state index contributed by atoms with van der Waals surface area (Å²) in [5.74, 6) is -0.321. The van der Waals surface area contributed by atoms with Crippen LogP contribution in [-0.4, -0.2) is 52.4 Å². The van der Waals surface area contributed by atoms with E-state index < -0.39 is 6.04 Å². The van der Waals surface area contributed by atoms with Gasteiger partial charge in [-0.2, -0.15) is 0 Å². The number of anilines is 1. The van der Waals surface area contributed by atoms with Gasteiger partial charge in [-0.3, -0.25) is 14.6 Å². The third-order valence-electron chi connectivity index (χ3n) is 5.92. The molecule has 174 valence electrons. The minimum atomic E-state index is -0.592. The Hall–Kier alpha value is -3.07. The first-order valence-electron chi connectivity index (χ1n) is 10.7. The maximum atomic E-state index is 13.4. The number of pyridine rings is 1. The van der Waals surface area contributed by atoms with E-state index in [1.165, 1.54) is 0 Å². The Labute approximate surface area is 210 Å². The van der Waals surface area contributed by atoms with Crippen LogP contribution in [0, 0.1) is 0 Å². The van der Waals surface area contributed by atoms with Crippen molar-refractivity contribution in [2.75, 3.05) is 24.5 Å². The minimum absolute atomic E-state index is 0.159. The van der Waals surface area contributed by atoms with E-state index in [1.807, 2.05) is 34.5 Å². The molecule has 0 unspecified atom stereocenters. The number of benzene rings is 1. The van der Waals surface area contributed by atoms with E-state index in [-0.39, 0.29) is 18.4 Å². The van der Waals surface area contributed by atoms with Crippen molar-refractivity contribution in [3.8, 4) is 0 Å². The highest BCUT2D eigenvalue weighted by molar-refractivity contribution is 7.09. The summed E-state index contributed by atoms with van der Waals surface area (Å²) >= 11 is 13.9. The molecule has 1 aliphatic rings. The molecule has 5 rings (SSSR count). The number of hydrogen-bond acceptors (Lipinski definition) is 5. The normalized spacial score (nSPS) is 16.1. The Kier molecular flexibility index (Phi) is 6.45. The van der Waals surface area contributed by atoms with Crippen LogP contribution in [0.5, 0.6) is 0 Å². The SMILES string of the molecule is O=C(NCc1cccs1)[C@@H]1CN(C(=O)c2cncc3cc[nH]c23)CCN1c1ccc(Cl)c(Cl)c1. The van der Waals surface area contributed by atoms with Gasteiger partial charge in [-0.05, 0) is 35.7 Å². The molecule has 1 atom stereocenters. The Bertz CT molecular complexity index is 1340. The topological polar surface area (TPSA) is 81.3 Å². The van der Waals surface area contributed by atoms with Crippen molar-refractivity contribution in [1.29, 1.82) is 0 Å². The van der Waals surface area contributed by atoms with E-state index in [4.69, 9.17) is 23.2 Å². The lowest BCUT2D eigenvalue weighted by Crippen LogP contribution is -2.60. The molecule has 34 heavy (non-hydrogen) atoms. The molecule has 3 aromatic heterocycles. The molecule has 4 aromatic rings. The molecule has 1 fully saturated rings. The number of nitrogens with one attached hydrogen (secondary N) is 2. The first kappa shape index (κ1) is 22.7. The van der Waals surface area contributed by atoms with Gasteiger partial charge in [-0.25, -0.2) is 0 Å². The quantitative estimate of drug-likeness (QED) is 0.409. The maximum absolute atomic E-state index is 13.4. The molecule has 2 amide bonds. The van der Waals surface area contributed by atoms with E-state index in [9.17, 15) is 9.59 Å². The number of carbonyl (C=O) groups excluding carboxylic acids is 2. The number of piperazine rings is 1. The number of nitrogens with zero attached hydrogens (tertiary/aromatic N) is 3. The van der Waals surface area contributed by atoms with E-state index >= 15 is 0 Å². The molecular weight excluding hydrogens is 493 g/mol. The van der Waals surface area contributed by atoms with Gasteiger partial charge < -0.3 is 20.1 Å². The number of halogens is 2. The van der Waals surface area contributed by atoms with Gasteiger partial charge in [0.25, 0.3) is 5.91 Å².